The van der Waals surface area contributed by atoms with Crippen molar-refractivity contribution in [1.29, 1.82) is 0 Å². The highest BCUT2D eigenvalue weighted by atomic mass is 32.1. The zero-order valence-electron chi connectivity index (χ0n) is 16.4. The molecule has 0 radical (unpaired) electrons. The van der Waals surface area contributed by atoms with Gasteiger partial charge in [-0.1, -0.05) is 19.8 Å². The van der Waals surface area contributed by atoms with Crippen molar-refractivity contribution in [3.05, 3.63) is 26.9 Å². The number of terminal acetylenes is 1. The van der Waals surface area contributed by atoms with Gasteiger partial charge in [-0.05, 0) is 18.1 Å². The number of carbonyl (C=O) groups excluding carboxylic acids is 1. The molecular formula is C16H20FN3O6S. The number of hydrogen-bond acceptors (Lipinski definition) is 8. The maximum absolute atomic E-state index is 15.4. The van der Waals surface area contributed by atoms with Gasteiger partial charge in [-0.25, -0.2) is 4.39 Å². The Balaban J connectivity index is 2.42. The Morgan fingerprint density at radius 3 is 2.89 bits per heavy atom. The zero-order chi connectivity index (χ0) is 22.3. The minimum atomic E-state index is -3.69. The van der Waals surface area contributed by atoms with E-state index in [1.165, 1.54) is 0 Å². The first-order valence-corrected chi connectivity index (χ1v) is 8.21. The van der Waals surface area contributed by atoms with Crippen molar-refractivity contribution < 1.29 is 31.6 Å². The van der Waals surface area contributed by atoms with Gasteiger partial charge >= 0.3 is 5.97 Å². The van der Waals surface area contributed by atoms with Crippen molar-refractivity contribution >= 4 is 18.2 Å². The number of esters is 1. The summed E-state index contributed by atoms with van der Waals surface area (Å²) >= 11 is 4.92. The fourth-order valence-electron chi connectivity index (χ4n) is 2.23. The van der Waals surface area contributed by atoms with E-state index in [2.05, 4.69) is 15.6 Å². The Kier molecular flexibility index (Phi) is 5.33. The van der Waals surface area contributed by atoms with Gasteiger partial charge < -0.3 is 25.4 Å². The van der Waals surface area contributed by atoms with Crippen LogP contribution in [-0.4, -0.2) is 56.4 Å². The largest absolute Gasteiger partial charge is 0.458 e. The van der Waals surface area contributed by atoms with E-state index in [1.54, 1.807) is 13.8 Å². The van der Waals surface area contributed by atoms with Crippen LogP contribution in [-0.2, 0) is 14.3 Å². The molecule has 2 heterocycles. The lowest BCUT2D eigenvalue weighted by Gasteiger charge is -2.24. The van der Waals surface area contributed by atoms with Gasteiger partial charge in [0.15, 0.2) is 17.6 Å². The fourth-order valence-corrected chi connectivity index (χ4v) is 2.48. The number of aliphatic hydroxyl groups is 2. The smallest absolute Gasteiger partial charge is 0.323 e. The third kappa shape index (κ3) is 4.10. The summed E-state index contributed by atoms with van der Waals surface area (Å²) in [7, 11) is 0. The van der Waals surface area contributed by atoms with Crippen LogP contribution in [0.25, 0.3) is 0 Å². The first-order chi connectivity index (χ1) is 13.3. The molecule has 1 fully saturated rings. The van der Waals surface area contributed by atoms with Crippen LogP contribution in [0.5, 0.6) is 0 Å². The van der Waals surface area contributed by atoms with E-state index in [-0.39, 0.29) is 10.3 Å². The molecule has 5 N–H and O–H groups in total. The van der Waals surface area contributed by atoms with Crippen molar-refractivity contribution in [3.63, 3.8) is 0 Å². The lowest BCUT2D eigenvalue weighted by Crippen LogP contribution is -2.46. The number of aromatic nitrogens is 2. The topological polar surface area (TPSA) is 140 Å². The Morgan fingerprint density at radius 1 is 1.70 bits per heavy atom. The van der Waals surface area contributed by atoms with Crippen LogP contribution in [0.4, 0.5) is 4.39 Å². The second-order valence-corrected chi connectivity index (χ2v) is 6.62. The molecule has 0 spiro atoms. The van der Waals surface area contributed by atoms with Crippen LogP contribution in [0.3, 0.4) is 0 Å². The molecule has 1 aliphatic heterocycles. The predicted molar refractivity (Wildman–Crippen MR) is 93.6 cm³/mol. The summed E-state index contributed by atoms with van der Waals surface area (Å²) in [4.78, 5) is 25.8. The summed E-state index contributed by atoms with van der Waals surface area (Å²) in [5, 5.41) is 20.4. The van der Waals surface area contributed by atoms with Crippen molar-refractivity contribution in [2.45, 2.75) is 44.2 Å². The fraction of sp³-hybridized carbons (Fsp3) is 0.562. The van der Waals surface area contributed by atoms with E-state index in [4.69, 9.17) is 31.9 Å². The lowest BCUT2D eigenvalue weighted by molar-refractivity contribution is -0.217. The number of nitrogens with zero attached hydrogens (tertiary/aromatic N) is 1. The Hall–Kier alpha value is -2.10. The third-order valence-electron chi connectivity index (χ3n) is 3.97. The highest BCUT2D eigenvalue weighted by molar-refractivity contribution is 7.71. The molecule has 0 bridgehead atoms. The summed E-state index contributed by atoms with van der Waals surface area (Å²) in [6, 6.07) is -1.26. The number of halogens is 1. The summed E-state index contributed by atoms with van der Waals surface area (Å²) < 4.78 is 41.0. The molecule has 5 atom stereocenters. The van der Waals surface area contributed by atoms with Crippen LogP contribution in [0, 0.1) is 23.0 Å². The molecule has 0 amide bonds. The quantitative estimate of drug-likeness (QED) is 0.288. The second kappa shape index (κ2) is 7.87. The SMILES string of the molecule is [2H]C([2H])(OC(=O)[C@@H](N)C(C)C)[C@@]1(F)O[C@@H](n2cc(C#C)c(=O)[nH]c2=S)[C@H](O)[C@@H]1O. The predicted octanol–water partition coefficient (Wildman–Crippen LogP) is -0.670. The molecule has 27 heavy (non-hydrogen) atoms. The number of nitrogens with two attached hydrogens (primary N) is 1. The van der Waals surface area contributed by atoms with Crippen molar-refractivity contribution in [2.75, 3.05) is 6.56 Å². The first-order valence-electron chi connectivity index (χ1n) is 8.80. The van der Waals surface area contributed by atoms with Gasteiger partial charge in [0.05, 0.1) is 2.74 Å². The van der Waals surface area contributed by atoms with E-state index >= 15 is 4.39 Å². The van der Waals surface area contributed by atoms with Crippen LogP contribution in [0.1, 0.15) is 28.4 Å². The molecule has 1 aromatic heterocycles. The van der Waals surface area contributed by atoms with E-state index in [1.807, 2.05) is 0 Å². The number of nitrogens with one attached hydrogen (secondary N) is 1. The molecule has 1 saturated heterocycles. The van der Waals surface area contributed by atoms with Crippen molar-refractivity contribution in [2.24, 2.45) is 11.7 Å². The zero-order valence-corrected chi connectivity index (χ0v) is 15.2. The number of rotatable bonds is 5. The Labute approximate surface area is 161 Å². The standard InChI is InChI=1S/C16H20FN3O6S/c1-4-8-5-20(15(27)19-12(8)23)13-10(21)11(22)16(17,26-13)6-25-14(24)9(18)7(2)3/h1,5,7,9-11,13,21-22H,6,18H2,2-3H3,(H,19,23,27)/t9-,10+,11-,13+,16+/m0/s1/i6D2. The number of aliphatic hydroxyl groups excluding tert-OH is 2. The average molecular weight is 403 g/mol. The van der Waals surface area contributed by atoms with Gasteiger partial charge in [0.2, 0.25) is 0 Å². The molecule has 0 aromatic carbocycles. The summed E-state index contributed by atoms with van der Waals surface area (Å²) in [5.74, 6) is -3.35. The minimum absolute atomic E-state index is 0.238. The Bertz CT molecular complexity index is 961. The van der Waals surface area contributed by atoms with E-state index < -0.39 is 54.3 Å². The number of ether oxygens (including phenoxy) is 2. The van der Waals surface area contributed by atoms with Gasteiger partial charge in [-0.3, -0.25) is 19.1 Å². The average Bonchev–Trinajstić information content (AvgIpc) is 2.86. The highest BCUT2D eigenvalue weighted by Crippen LogP contribution is 2.38. The highest BCUT2D eigenvalue weighted by Gasteiger charge is 2.57. The number of aromatic amines is 1. The van der Waals surface area contributed by atoms with Crippen molar-refractivity contribution in [3.8, 4) is 12.3 Å². The first kappa shape index (κ1) is 18.3. The van der Waals surface area contributed by atoms with Crippen molar-refractivity contribution in [1.82, 2.24) is 9.55 Å². The number of alkyl halides is 1. The van der Waals surface area contributed by atoms with Gasteiger partial charge in [0.1, 0.15) is 23.8 Å². The van der Waals surface area contributed by atoms with Crippen LogP contribution >= 0.6 is 12.2 Å². The van der Waals surface area contributed by atoms with E-state index in [0.29, 0.717) is 0 Å². The van der Waals surface area contributed by atoms with Crippen LogP contribution in [0.2, 0.25) is 0 Å². The maximum atomic E-state index is 15.4. The van der Waals surface area contributed by atoms with Gasteiger partial charge in [0.25, 0.3) is 11.4 Å². The molecule has 1 aromatic rings. The molecule has 9 nitrogen and oxygen atoms in total. The molecular weight excluding hydrogens is 381 g/mol. The number of H-pyrrole nitrogens is 1. The van der Waals surface area contributed by atoms with Crippen LogP contribution in [0.15, 0.2) is 11.0 Å². The lowest BCUT2D eigenvalue weighted by atomic mass is 10.1. The number of hydrogen-bond donors (Lipinski definition) is 4. The maximum Gasteiger partial charge on any atom is 0.323 e. The molecule has 2 rings (SSSR count). The molecule has 0 aliphatic carbocycles. The second-order valence-electron chi connectivity index (χ2n) is 6.24. The number of carbonyl (C=O) groups is 1. The molecule has 1 aliphatic rings. The van der Waals surface area contributed by atoms with E-state index in [0.717, 1.165) is 10.8 Å². The van der Waals surface area contributed by atoms with Gasteiger partial charge in [-0.15, -0.1) is 6.42 Å². The summed E-state index contributed by atoms with van der Waals surface area (Å²) in [6.07, 6.45) is -0.181. The normalized spacial score (nSPS) is 30.4. The van der Waals surface area contributed by atoms with Gasteiger partial charge in [0, 0.05) is 6.20 Å². The van der Waals surface area contributed by atoms with Gasteiger partial charge in [-0.2, -0.15) is 0 Å². The molecule has 0 unspecified atom stereocenters. The molecule has 148 valence electrons. The summed E-state index contributed by atoms with van der Waals surface area (Å²) in [5.41, 5.74) is 4.61. The third-order valence-corrected chi connectivity index (χ3v) is 4.28. The molecule has 0 saturated carbocycles. The van der Waals surface area contributed by atoms with Crippen LogP contribution < -0.4 is 11.3 Å². The molecule has 11 heteroatoms. The minimum Gasteiger partial charge on any atom is -0.458 e. The summed E-state index contributed by atoms with van der Waals surface area (Å²) in [6.45, 7) is -0.409. The Morgan fingerprint density at radius 2 is 2.33 bits per heavy atom. The monoisotopic (exact) mass is 403 g/mol. The van der Waals surface area contributed by atoms with E-state index in [9.17, 15) is 19.8 Å².